The van der Waals surface area contributed by atoms with E-state index in [-0.39, 0.29) is 6.03 Å². The Morgan fingerprint density at radius 2 is 2.38 bits per heavy atom. The van der Waals surface area contributed by atoms with Crippen LogP contribution in [0.2, 0.25) is 0 Å². The van der Waals surface area contributed by atoms with Gasteiger partial charge in [-0.2, -0.15) is 0 Å². The van der Waals surface area contributed by atoms with Gasteiger partial charge in [-0.15, -0.1) is 0 Å². The number of benzene rings is 1. The molecule has 82 valence electrons. The van der Waals surface area contributed by atoms with E-state index in [2.05, 4.69) is 10.6 Å². The summed E-state index contributed by atoms with van der Waals surface area (Å²) in [5.74, 6) is 0. The lowest BCUT2D eigenvalue weighted by molar-refractivity contribution is 0.200. The predicted octanol–water partition coefficient (Wildman–Crippen LogP) is 0.0473. The Kier molecular flexibility index (Phi) is 3.03. The zero-order chi connectivity index (χ0) is 11.5. The zero-order valence-corrected chi connectivity index (χ0v) is 9.29. The quantitative estimate of drug-likeness (QED) is 0.600. The van der Waals surface area contributed by atoms with Gasteiger partial charge < -0.3 is 15.5 Å². The Morgan fingerprint density at radius 1 is 1.56 bits per heavy atom. The minimum absolute atomic E-state index is 0.0583. The summed E-state index contributed by atoms with van der Waals surface area (Å²) in [6.07, 6.45) is 0. The number of carbonyl (C=O) groups is 1. The zero-order valence-electron chi connectivity index (χ0n) is 9.29. The van der Waals surface area contributed by atoms with Crippen molar-refractivity contribution in [1.29, 1.82) is 0 Å². The fourth-order valence-corrected chi connectivity index (χ4v) is 1.86. The first-order chi connectivity index (χ1) is 7.70. The van der Waals surface area contributed by atoms with Gasteiger partial charge in [0.05, 0.1) is 0 Å². The first-order valence-electron chi connectivity index (χ1n) is 5.29. The molecule has 2 amide bonds. The Hall–Kier alpha value is -1.65. The second-order valence-electron chi connectivity index (χ2n) is 3.82. The summed E-state index contributed by atoms with van der Waals surface area (Å²) in [5.41, 5.74) is 2.83. The third-order valence-corrected chi connectivity index (χ3v) is 2.69. The van der Waals surface area contributed by atoms with Gasteiger partial charge in [0.25, 0.3) is 0 Å². The van der Waals surface area contributed by atoms with Crippen molar-refractivity contribution >= 4 is 25.0 Å². The minimum Gasteiger partial charge on any atom is -0.383 e. The molecule has 1 aliphatic heterocycles. The number of nitrogens with zero attached hydrogens (tertiary/aromatic N) is 1. The van der Waals surface area contributed by atoms with Gasteiger partial charge in [0.1, 0.15) is 7.85 Å². The maximum absolute atomic E-state index is 11.6. The molecule has 0 spiro atoms. The SMILES string of the molecule is [B]c1ccc2c(c1)CN(C(=O)NC)CCN2. The molecule has 2 radical (unpaired) electrons. The summed E-state index contributed by atoms with van der Waals surface area (Å²) in [7, 11) is 7.38. The number of hydrogen-bond donors (Lipinski definition) is 2. The second kappa shape index (κ2) is 4.47. The molecule has 4 nitrogen and oxygen atoms in total. The van der Waals surface area contributed by atoms with Crippen LogP contribution in [0, 0.1) is 0 Å². The fourth-order valence-electron chi connectivity index (χ4n) is 1.86. The minimum atomic E-state index is -0.0583. The van der Waals surface area contributed by atoms with Crippen LogP contribution in [-0.2, 0) is 6.54 Å². The van der Waals surface area contributed by atoms with Gasteiger partial charge >= 0.3 is 6.03 Å². The Bertz CT molecular complexity index is 408. The summed E-state index contributed by atoms with van der Waals surface area (Å²) < 4.78 is 0. The van der Waals surface area contributed by atoms with Crippen LogP contribution < -0.4 is 16.1 Å². The molecule has 0 bridgehead atoms. The summed E-state index contributed by atoms with van der Waals surface area (Å²) in [6, 6.07) is 5.67. The number of urea groups is 1. The average molecular weight is 215 g/mol. The number of carbonyl (C=O) groups excluding carboxylic acids is 1. The van der Waals surface area contributed by atoms with Crippen LogP contribution >= 0.6 is 0 Å². The molecular formula is C11H14BN3O. The lowest BCUT2D eigenvalue weighted by Crippen LogP contribution is -2.38. The van der Waals surface area contributed by atoms with Crippen LogP contribution in [0.3, 0.4) is 0 Å². The highest BCUT2D eigenvalue weighted by Gasteiger charge is 2.17. The molecule has 0 aromatic heterocycles. The van der Waals surface area contributed by atoms with Gasteiger partial charge in [0, 0.05) is 32.4 Å². The van der Waals surface area contributed by atoms with E-state index < -0.39 is 0 Å². The van der Waals surface area contributed by atoms with Gasteiger partial charge in [-0.05, 0) is 11.6 Å². The van der Waals surface area contributed by atoms with Crippen molar-refractivity contribution in [2.45, 2.75) is 6.54 Å². The van der Waals surface area contributed by atoms with Crippen LogP contribution in [0.25, 0.3) is 0 Å². The molecule has 0 fully saturated rings. The van der Waals surface area contributed by atoms with Crippen LogP contribution in [0.1, 0.15) is 5.56 Å². The van der Waals surface area contributed by atoms with Crippen LogP contribution in [0.4, 0.5) is 10.5 Å². The van der Waals surface area contributed by atoms with Gasteiger partial charge in [0.2, 0.25) is 0 Å². The molecule has 5 heteroatoms. The monoisotopic (exact) mass is 215 g/mol. The molecule has 2 rings (SSSR count). The molecule has 2 N–H and O–H groups in total. The Labute approximate surface area is 96.4 Å². The van der Waals surface area contributed by atoms with Crippen molar-refractivity contribution in [3.05, 3.63) is 23.8 Å². The summed E-state index contributed by atoms with van der Waals surface area (Å²) in [4.78, 5) is 13.3. The third kappa shape index (κ3) is 2.13. The standard InChI is InChI=1S/C11H14BN3O/c1-13-11(16)15-5-4-14-10-3-2-9(12)6-8(10)7-15/h2-3,6,14H,4-5,7H2,1H3,(H,13,16). The van der Waals surface area contributed by atoms with Gasteiger partial charge in [0.15, 0.2) is 0 Å². The maximum atomic E-state index is 11.6. The predicted molar refractivity (Wildman–Crippen MR) is 65.2 cm³/mol. The second-order valence-corrected chi connectivity index (χ2v) is 3.82. The highest BCUT2D eigenvalue weighted by atomic mass is 16.2. The fraction of sp³-hybridized carbons (Fsp3) is 0.364. The first kappa shape index (κ1) is 10.9. The molecule has 0 atom stereocenters. The lowest BCUT2D eigenvalue weighted by atomic mass is 9.93. The Balaban J connectivity index is 2.25. The van der Waals surface area contributed by atoms with E-state index in [9.17, 15) is 4.79 Å². The third-order valence-electron chi connectivity index (χ3n) is 2.69. The molecule has 0 saturated carbocycles. The normalized spacial score (nSPS) is 14.7. The van der Waals surface area contributed by atoms with Crippen molar-refractivity contribution in [2.75, 3.05) is 25.5 Å². The molecule has 16 heavy (non-hydrogen) atoms. The molecule has 1 aromatic carbocycles. The molecule has 0 aliphatic carbocycles. The largest absolute Gasteiger partial charge is 0.383 e. The summed E-state index contributed by atoms with van der Waals surface area (Å²) in [5, 5.41) is 5.92. The highest BCUT2D eigenvalue weighted by molar-refractivity contribution is 6.32. The van der Waals surface area contributed by atoms with E-state index in [1.807, 2.05) is 18.2 Å². The van der Waals surface area contributed by atoms with E-state index in [1.54, 1.807) is 11.9 Å². The maximum Gasteiger partial charge on any atom is 0.317 e. The first-order valence-corrected chi connectivity index (χ1v) is 5.29. The molecule has 1 aliphatic rings. The van der Waals surface area contributed by atoms with E-state index in [0.717, 1.165) is 23.3 Å². The topological polar surface area (TPSA) is 44.4 Å². The van der Waals surface area contributed by atoms with E-state index in [4.69, 9.17) is 7.85 Å². The number of anilines is 1. The van der Waals surface area contributed by atoms with Crippen molar-refractivity contribution in [3.8, 4) is 0 Å². The van der Waals surface area contributed by atoms with Crippen LogP contribution in [0.15, 0.2) is 18.2 Å². The van der Waals surface area contributed by atoms with Gasteiger partial charge in [-0.1, -0.05) is 17.6 Å². The molecule has 0 unspecified atom stereocenters. The van der Waals surface area contributed by atoms with Crippen molar-refractivity contribution in [1.82, 2.24) is 10.2 Å². The molecule has 1 heterocycles. The van der Waals surface area contributed by atoms with Crippen molar-refractivity contribution in [3.63, 3.8) is 0 Å². The number of rotatable bonds is 0. The van der Waals surface area contributed by atoms with Gasteiger partial charge in [-0.25, -0.2) is 4.79 Å². The van der Waals surface area contributed by atoms with E-state index >= 15 is 0 Å². The Morgan fingerprint density at radius 3 is 3.12 bits per heavy atom. The number of nitrogens with one attached hydrogen (secondary N) is 2. The lowest BCUT2D eigenvalue weighted by Gasteiger charge is -2.19. The number of amides is 2. The summed E-state index contributed by atoms with van der Waals surface area (Å²) >= 11 is 0. The van der Waals surface area contributed by atoms with E-state index in [1.165, 1.54) is 0 Å². The number of hydrogen-bond acceptors (Lipinski definition) is 2. The van der Waals surface area contributed by atoms with Crippen molar-refractivity contribution < 1.29 is 4.79 Å². The van der Waals surface area contributed by atoms with Gasteiger partial charge in [-0.3, -0.25) is 0 Å². The van der Waals surface area contributed by atoms with Crippen molar-refractivity contribution in [2.24, 2.45) is 0 Å². The summed E-state index contributed by atoms with van der Waals surface area (Å²) in [6.45, 7) is 2.03. The average Bonchev–Trinajstić information content (AvgIpc) is 2.49. The van der Waals surface area contributed by atoms with Crippen LogP contribution in [0.5, 0.6) is 0 Å². The smallest absolute Gasteiger partial charge is 0.317 e. The molecular weight excluding hydrogens is 201 g/mol. The van der Waals surface area contributed by atoms with E-state index in [0.29, 0.717) is 13.1 Å². The molecule has 1 aromatic rings. The highest BCUT2D eigenvalue weighted by Crippen LogP contribution is 2.18. The molecule has 0 saturated heterocycles. The number of fused-ring (bicyclic) bond motifs is 1. The van der Waals surface area contributed by atoms with Crippen LogP contribution in [-0.4, -0.2) is 38.9 Å².